The zero-order valence-electron chi connectivity index (χ0n) is 9.50. The molecule has 1 aromatic rings. The van der Waals surface area contributed by atoms with Gasteiger partial charge in [0, 0.05) is 11.8 Å². The molecule has 0 unspecified atom stereocenters. The minimum atomic E-state index is -0.0688. The highest BCUT2D eigenvalue weighted by molar-refractivity contribution is 9.09. The average molecular weight is 286 g/mol. The Morgan fingerprint density at radius 3 is 2.94 bits per heavy atom. The molecule has 0 heterocycles. The molecule has 4 heteroatoms. The number of halogens is 1. The van der Waals surface area contributed by atoms with Crippen molar-refractivity contribution < 1.29 is 9.53 Å². The summed E-state index contributed by atoms with van der Waals surface area (Å²) >= 11 is 3.10. The minimum Gasteiger partial charge on any atom is -0.491 e. The molecule has 0 saturated heterocycles. The number of ether oxygens (including phenoxy) is 1. The van der Waals surface area contributed by atoms with Crippen LogP contribution in [0.15, 0.2) is 24.3 Å². The second kappa shape index (κ2) is 6.53. The summed E-state index contributed by atoms with van der Waals surface area (Å²) in [5.41, 5.74) is 0.755. The number of benzene rings is 1. The van der Waals surface area contributed by atoms with Crippen LogP contribution in [0.25, 0.3) is 0 Å². The Kier molecular flexibility index (Phi) is 5.32. The number of nitrogens with one attached hydrogen (secondary N) is 1. The molecule has 1 amide bonds. The van der Waals surface area contributed by atoms with Crippen molar-refractivity contribution in [3.8, 4) is 5.75 Å². The van der Waals surface area contributed by atoms with Gasteiger partial charge in [-0.2, -0.15) is 0 Å². The number of anilines is 1. The molecule has 0 aliphatic heterocycles. The van der Waals surface area contributed by atoms with Gasteiger partial charge in [0.1, 0.15) is 5.75 Å². The third-order valence-corrected chi connectivity index (χ3v) is 2.66. The molecule has 0 bridgehead atoms. The van der Waals surface area contributed by atoms with Crippen molar-refractivity contribution in [2.45, 2.75) is 26.4 Å². The van der Waals surface area contributed by atoms with Gasteiger partial charge in [-0.3, -0.25) is 4.79 Å². The second-order valence-electron chi connectivity index (χ2n) is 3.55. The summed E-state index contributed by atoms with van der Waals surface area (Å²) in [5, 5.41) is 3.05. The van der Waals surface area contributed by atoms with Crippen LogP contribution in [-0.2, 0) is 4.79 Å². The average Bonchev–Trinajstić information content (AvgIpc) is 2.29. The van der Waals surface area contributed by atoms with Crippen molar-refractivity contribution >= 4 is 27.5 Å². The predicted molar refractivity (Wildman–Crippen MR) is 69.2 cm³/mol. The Balaban J connectivity index is 2.67. The number of carbonyl (C=O) groups is 1. The van der Waals surface area contributed by atoms with E-state index in [1.807, 2.05) is 31.2 Å². The van der Waals surface area contributed by atoms with Crippen molar-refractivity contribution in [1.29, 1.82) is 0 Å². The molecule has 0 aliphatic carbocycles. The van der Waals surface area contributed by atoms with Crippen LogP contribution in [-0.4, -0.2) is 17.3 Å². The van der Waals surface area contributed by atoms with Crippen LogP contribution in [0.5, 0.6) is 5.75 Å². The van der Waals surface area contributed by atoms with Gasteiger partial charge >= 0.3 is 0 Å². The lowest BCUT2D eigenvalue weighted by molar-refractivity contribution is -0.113. The molecule has 1 N–H and O–H groups in total. The maximum atomic E-state index is 11.2. The molecule has 0 fully saturated rings. The first kappa shape index (κ1) is 13.0. The van der Waals surface area contributed by atoms with E-state index < -0.39 is 0 Å². The van der Waals surface area contributed by atoms with E-state index in [1.165, 1.54) is 0 Å². The van der Waals surface area contributed by atoms with Gasteiger partial charge < -0.3 is 10.1 Å². The molecule has 0 spiro atoms. The monoisotopic (exact) mass is 285 g/mol. The van der Waals surface area contributed by atoms with E-state index in [4.69, 9.17) is 4.74 Å². The quantitative estimate of drug-likeness (QED) is 0.844. The number of rotatable bonds is 5. The first-order valence-corrected chi connectivity index (χ1v) is 6.40. The highest BCUT2D eigenvalue weighted by Gasteiger charge is 2.03. The van der Waals surface area contributed by atoms with Crippen molar-refractivity contribution in [3.63, 3.8) is 0 Å². The van der Waals surface area contributed by atoms with Gasteiger partial charge in [0.2, 0.25) is 5.91 Å². The second-order valence-corrected chi connectivity index (χ2v) is 4.11. The summed E-state index contributed by atoms with van der Waals surface area (Å²) in [5.74, 6) is 0.711. The number of hydrogen-bond donors (Lipinski definition) is 1. The molecule has 1 atom stereocenters. The predicted octanol–water partition coefficient (Wildman–Crippen LogP) is 3.20. The van der Waals surface area contributed by atoms with Crippen molar-refractivity contribution in [3.05, 3.63) is 24.3 Å². The molecule has 1 aromatic carbocycles. The Hall–Kier alpha value is -1.03. The van der Waals surface area contributed by atoms with E-state index in [2.05, 4.69) is 28.2 Å². The number of carbonyl (C=O) groups excluding carboxylic acids is 1. The molecule has 16 heavy (non-hydrogen) atoms. The van der Waals surface area contributed by atoms with Crippen LogP contribution >= 0.6 is 15.9 Å². The maximum Gasteiger partial charge on any atom is 0.235 e. The standard InChI is InChI=1S/C12H16BrNO2/c1-3-9(2)16-11-6-4-5-10(7-11)14-12(15)8-13/h4-7,9H,3,8H2,1-2H3,(H,14,15)/t9-/m0/s1. The van der Waals surface area contributed by atoms with Crippen LogP contribution in [0.1, 0.15) is 20.3 Å². The van der Waals surface area contributed by atoms with Gasteiger partial charge in [-0.25, -0.2) is 0 Å². The molecule has 0 aliphatic rings. The van der Waals surface area contributed by atoms with Gasteiger partial charge in [0.05, 0.1) is 11.4 Å². The summed E-state index contributed by atoms with van der Waals surface area (Å²) in [7, 11) is 0. The normalized spacial score (nSPS) is 11.9. The zero-order valence-corrected chi connectivity index (χ0v) is 11.1. The van der Waals surface area contributed by atoms with Crippen LogP contribution < -0.4 is 10.1 Å². The summed E-state index contributed by atoms with van der Waals surface area (Å²) < 4.78 is 5.66. The van der Waals surface area contributed by atoms with Gasteiger partial charge in [-0.05, 0) is 25.5 Å². The molecule has 88 valence electrons. The lowest BCUT2D eigenvalue weighted by Gasteiger charge is -2.13. The summed E-state index contributed by atoms with van der Waals surface area (Å²) in [6.45, 7) is 4.09. The molecular formula is C12H16BrNO2. The van der Waals surface area contributed by atoms with E-state index in [-0.39, 0.29) is 12.0 Å². The lowest BCUT2D eigenvalue weighted by atomic mass is 10.2. The third-order valence-electron chi connectivity index (χ3n) is 2.15. The van der Waals surface area contributed by atoms with E-state index in [0.717, 1.165) is 17.9 Å². The van der Waals surface area contributed by atoms with Gasteiger partial charge in [0.25, 0.3) is 0 Å². The van der Waals surface area contributed by atoms with Crippen molar-refractivity contribution in [1.82, 2.24) is 0 Å². The van der Waals surface area contributed by atoms with Crippen LogP contribution in [0.4, 0.5) is 5.69 Å². The van der Waals surface area contributed by atoms with Crippen LogP contribution in [0.3, 0.4) is 0 Å². The minimum absolute atomic E-state index is 0.0688. The molecular weight excluding hydrogens is 270 g/mol. The fourth-order valence-electron chi connectivity index (χ4n) is 1.16. The zero-order chi connectivity index (χ0) is 12.0. The molecule has 0 radical (unpaired) electrons. The maximum absolute atomic E-state index is 11.2. The van der Waals surface area contributed by atoms with Crippen molar-refractivity contribution in [2.75, 3.05) is 10.6 Å². The van der Waals surface area contributed by atoms with E-state index in [9.17, 15) is 4.79 Å². The topological polar surface area (TPSA) is 38.3 Å². The molecule has 1 rings (SSSR count). The highest BCUT2D eigenvalue weighted by Crippen LogP contribution is 2.19. The Morgan fingerprint density at radius 2 is 2.31 bits per heavy atom. The van der Waals surface area contributed by atoms with E-state index in [0.29, 0.717) is 5.33 Å². The summed E-state index contributed by atoms with van der Waals surface area (Å²) in [6, 6.07) is 7.41. The fraction of sp³-hybridized carbons (Fsp3) is 0.417. The Bertz CT molecular complexity index is 355. The van der Waals surface area contributed by atoms with Gasteiger partial charge in [-0.15, -0.1) is 0 Å². The number of hydrogen-bond acceptors (Lipinski definition) is 2. The van der Waals surface area contributed by atoms with Crippen LogP contribution in [0.2, 0.25) is 0 Å². The molecule has 3 nitrogen and oxygen atoms in total. The van der Waals surface area contributed by atoms with E-state index in [1.54, 1.807) is 0 Å². The first-order chi connectivity index (χ1) is 7.65. The Morgan fingerprint density at radius 1 is 1.56 bits per heavy atom. The third kappa shape index (κ3) is 4.23. The summed E-state index contributed by atoms with van der Waals surface area (Å²) in [6.07, 6.45) is 1.14. The van der Waals surface area contributed by atoms with Gasteiger partial charge in [0.15, 0.2) is 0 Å². The largest absolute Gasteiger partial charge is 0.491 e. The van der Waals surface area contributed by atoms with Crippen LogP contribution in [0, 0.1) is 0 Å². The summed E-state index contributed by atoms with van der Waals surface area (Å²) in [4.78, 5) is 11.2. The fourth-order valence-corrected chi connectivity index (χ4v) is 1.30. The smallest absolute Gasteiger partial charge is 0.235 e. The molecule has 0 saturated carbocycles. The molecule has 0 aromatic heterocycles. The SMILES string of the molecule is CC[C@H](C)Oc1cccc(NC(=O)CBr)c1. The lowest BCUT2D eigenvalue weighted by Crippen LogP contribution is -2.13. The first-order valence-electron chi connectivity index (χ1n) is 5.28. The van der Waals surface area contributed by atoms with E-state index >= 15 is 0 Å². The van der Waals surface area contributed by atoms with Crippen molar-refractivity contribution in [2.24, 2.45) is 0 Å². The van der Waals surface area contributed by atoms with Gasteiger partial charge in [-0.1, -0.05) is 28.9 Å². The number of alkyl halides is 1. The Labute approximate surface area is 104 Å². The number of amides is 1. The highest BCUT2D eigenvalue weighted by atomic mass is 79.9.